The second kappa shape index (κ2) is 7.66. The fraction of sp³-hybridized carbons (Fsp3) is 0.765. The van der Waals surface area contributed by atoms with E-state index < -0.39 is 31.2 Å². The van der Waals surface area contributed by atoms with Crippen LogP contribution in [0.5, 0.6) is 0 Å². The topological polar surface area (TPSA) is 108 Å². The van der Waals surface area contributed by atoms with Gasteiger partial charge < -0.3 is 19.3 Å². The third-order valence-electron chi connectivity index (χ3n) is 4.79. The van der Waals surface area contributed by atoms with E-state index in [2.05, 4.69) is 10.5 Å². The van der Waals surface area contributed by atoms with Crippen LogP contribution >= 0.6 is 0 Å². The third kappa shape index (κ3) is 4.10. The molecule has 0 bridgehead atoms. The molecule has 0 aromatic carbocycles. The lowest BCUT2D eigenvalue weighted by Crippen LogP contribution is -2.50. The molecule has 1 N–H and O–H groups in total. The lowest BCUT2D eigenvalue weighted by atomic mass is 9.91. The SMILES string of the molecule is COCC(C)(C)c1cc(NC(=O)C(C)(C)S(=O)(=O)C2CCOCC2)no1. The predicted molar refractivity (Wildman–Crippen MR) is 96.9 cm³/mol. The predicted octanol–water partition coefficient (Wildman–Crippen LogP) is 1.91. The van der Waals surface area contributed by atoms with E-state index in [1.807, 2.05) is 13.8 Å². The minimum Gasteiger partial charge on any atom is -0.384 e. The summed E-state index contributed by atoms with van der Waals surface area (Å²) < 4.78 is 39.9. The first-order chi connectivity index (χ1) is 12.0. The molecule has 0 unspecified atom stereocenters. The molecule has 1 aromatic heterocycles. The number of rotatable bonds is 7. The summed E-state index contributed by atoms with van der Waals surface area (Å²) in [5.74, 6) is 0.0950. The van der Waals surface area contributed by atoms with Crippen molar-refractivity contribution in [3.05, 3.63) is 11.8 Å². The molecule has 1 aromatic rings. The molecule has 8 nitrogen and oxygen atoms in total. The van der Waals surface area contributed by atoms with E-state index in [9.17, 15) is 13.2 Å². The highest BCUT2D eigenvalue weighted by Crippen LogP contribution is 2.30. The zero-order valence-corrected chi connectivity index (χ0v) is 16.8. The molecule has 2 heterocycles. The van der Waals surface area contributed by atoms with Gasteiger partial charge in [-0.3, -0.25) is 4.79 Å². The Labute approximate surface area is 154 Å². The molecule has 0 spiro atoms. The Morgan fingerprint density at radius 2 is 1.92 bits per heavy atom. The summed E-state index contributed by atoms with van der Waals surface area (Å²) in [6.07, 6.45) is 0.802. The molecule has 0 saturated carbocycles. The van der Waals surface area contributed by atoms with Gasteiger partial charge in [-0.15, -0.1) is 0 Å². The Balaban J connectivity index is 2.14. The first-order valence-corrected chi connectivity index (χ1v) is 10.2. The number of carbonyl (C=O) groups is 1. The molecular weight excluding hydrogens is 360 g/mol. The van der Waals surface area contributed by atoms with Crippen LogP contribution in [0.1, 0.15) is 46.3 Å². The molecular formula is C17H28N2O6S. The molecule has 1 aliphatic heterocycles. The highest BCUT2D eigenvalue weighted by atomic mass is 32.2. The van der Waals surface area contributed by atoms with Gasteiger partial charge in [0.1, 0.15) is 10.5 Å². The number of hydrogen-bond acceptors (Lipinski definition) is 7. The quantitative estimate of drug-likeness (QED) is 0.760. The van der Waals surface area contributed by atoms with Crippen LogP contribution in [0.3, 0.4) is 0 Å². The van der Waals surface area contributed by atoms with Gasteiger partial charge in [0.05, 0.1) is 11.9 Å². The first kappa shape index (κ1) is 20.9. The fourth-order valence-electron chi connectivity index (χ4n) is 2.88. The molecule has 1 amide bonds. The van der Waals surface area contributed by atoms with Crippen LogP contribution in [0, 0.1) is 0 Å². The van der Waals surface area contributed by atoms with E-state index in [4.69, 9.17) is 14.0 Å². The molecule has 1 saturated heterocycles. The second-order valence-electron chi connectivity index (χ2n) is 7.71. The van der Waals surface area contributed by atoms with E-state index in [-0.39, 0.29) is 5.82 Å². The maximum absolute atomic E-state index is 12.9. The Morgan fingerprint density at radius 3 is 2.50 bits per heavy atom. The summed E-state index contributed by atoms with van der Waals surface area (Å²) in [5, 5.41) is 5.82. The Morgan fingerprint density at radius 1 is 1.31 bits per heavy atom. The number of methoxy groups -OCH3 is 1. The molecule has 1 fully saturated rings. The van der Waals surface area contributed by atoms with Gasteiger partial charge in [0, 0.05) is 31.8 Å². The Bertz CT molecular complexity index is 732. The molecule has 0 atom stereocenters. The van der Waals surface area contributed by atoms with Crippen LogP contribution in [0.4, 0.5) is 5.82 Å². The van der Waals surface area contributed by atoms with Gasteiger partial charge >= 0.3 is 0 Å². The molecule has 9 heteroatoms. The normalized spacial score (nSPS) is 17.3. The number of sulfone groups is 1. The number of anilines is 1. The highest BCUT2D eigenvalue weighted by molar-refractivity contribution is 7.94. The molecule has 2 rings (SSSR count). The summed E-state index contributed by atoms with van der Waals surface area (Å²) >= 11 is 0. The van der Waals surface area contributed by atoms with Gasteiger partial charge in [0.25, 0.3) is 0 Å². The van der Waals surface area contributed by atoms with Crippen molar-refractivity contribution in [2.45, 2.75) is 55.9 Å². The zero-order chi connectivity index (χ0) is 19.6. The average Bonchev–Trinajstić information content (AvgIpc) is 3.05. The van der Waals surface area contributed by atoms with E-state index >= 15 is 0 Å². The van der Waals surface area contributed by atoms with Gasteiger partial charge in [-0.25, -0.2) is 8.42 Å². The Hall–Kier alpha value is -1.45. The third-order valence-corrected chi connectivity index (χ3v) is 7.75. The van der Waals surface area contributed by atoms with Crippen molar-refractivity contribution in [1.29, 1.82) is 0 Å². The molecule has 1 aliphatic rings. The number of nitrogens with zero attached hydrogens (tertiary/aromatic N) is 1. The van der Waals surface area contributed by atoms with Crippen molar-refractivity contribution >= 4 is 21.6 Å². The second-order valence-corrected chi connectivity index (χ2v) is 10.5. The minimum absolute atomic E-state index is 0.185. The molecule has 26 heavy (non-hydrogen) atoms. The van der Waals surface area contributed by atoms with Crippen molar-refractivity contribution in [3.8, 4) is 0 Å². The molecule has 0 aliphatic carbocycles. The number of carbonyl (C=O) groups excluding carboxylic acids is 1. The first-order valence-electron chi connectivity index (χ1n) is 8.61. The van der Waals surface area contributed by atoms with Crippen LogP contribution in [0.15, 0.2) is 10.6 Å². The minimum atomic E-state index is -3.68. The highest BCUT2D eigenvalue weighted by Gasteiger charge is 2.46. The zero-order valence-electron chi connectivity index (χ0n) is 16.0. The summed E-state index contributed by atoms with van der Waals surface area (Å²) in [6.45, 7) is 7.88. The van der Waals surface area contributed by atoms with E-state index in [0.29, 0.717) is 38.4 Å². The van der Waals surface area contributed by atoms with Crippen molar-refractivity contribution < 1.29 is 27.2 Å². The molecule has 148 valence electrons. The van der Waals surface area contributed by atoms with Gasteiger partial charge in [-0.2, -0.15) is 0 Å². The van der Waals surface area contributed by atoms with Crippen LogP contribution in [-0.2, 0) is 29.5 Å². The van der Waals surface area contributed by atoms with E-state index in [1.54, 1.807) is 13.2 Å². The van der Waals surface area contributed by atoms with Crippen molar-refractivity contribution in [2.75, 3.05) is 32.2 Å². The van der Waals surface area contributed by atoms with Crippen LogP contribution < -0.4 is 5.32 Å². The maximum Gasteiger partial charge on any atom is 0.246 e. The van der Waals surface area contributed by atoms with Gasteiger partial charge in [0.2, 0.25) is 5.91 Å². The van der Waals surface area contributed by atoms with Crippen LogP contribution in [-0.4, -0.2) is 56.4 Å². The summed E-state index contributed by atoms with van der Waals surface area (Å²) in [6, 6.07) is 1.59. The monoisotopic (exact) mass is 388 g/mol. The van der Waals surface area contributed by atoms with Gasteiger partial charge in [-0.05, 0) is 26.7 Å². The number of amides is 1. The van der Waals surface area contributed by atoms with Gasteiger partial charge in [-0.1, -0.05) is 19.0 Å². The summed E-state index contributed by atoms with van der Waals surface area (Å²) in [4.78, 5) is 12.7. The standard InChI is InChI=1S/C17H28N2O6S/c1-16(2,11-23-5)13-10-14(19-25-13)18-15(20)17(3,4)26(21,22)12-6-8-24-9-7-12/h10,12H,6-9,11H2,1-5H3,(H,18,19,20). The van der Waals surface area contributed by atoms with Crippen LogP contribution in [0.2, 0.25) is 0 Å². The largest absolute Gasteiger partial charge is 0.384 e. The maximum atomic E-state index is 12.9. The number of hydrogen-bond donors (Lipinski definition) is 1. The number of nitrogens with one attached hydrogen (secondary N) is 1. The van der Waals surface area contributed by atoms with E-state index in [0.717, 1.165) is 0 Å². The van der Waals surface area contributed by atoms with Crippen LogP contribution in [0.25, 0.3) is 0 Å². The lowest BCUT2D eigenvalue weighted by molar-refractivity contribution is -0.117. The summed E-state index contributed by atoms with van der Waals surface area (Å²) in [5.41, 5.74) is -0.422. The smallest absolute Gasteiger partial charge is 0.246 e. The fourth-order valence-corrected chi connectivity index (χ4v) is 4.84. The van der Waals surface area contributed by atoms with Crippen molar-refractivity contribution in [1.82, 2.24) is 5.16 Å². The summed E-state index contributed by atoms with van der Waals surface area (Å²) in [7, 11) is -2.09. The van der Waals surface area contributed by atoms with Crippen molar-refractivity contribution in [3.63, 3.8) is 0 Å². The average molecular weight is 388 g/mol. The molecule has 0 radical (unpaired) electrons. The number of aromatic nitrogens is 1. The van der Waals surface area contributed by atoms with E-state index in [1.165, 1.54) is 13.8 Å². The number of ether oxygens (including phenoxy) is 2. The van der Waals surface area contributed by atoms with Gasteiger partial charge in [0.15, 0.2) is 15.7 Å². The Kier molecular flexibility index (Phi) is 6.14. The van der Waals surface area contributed by atoms with Crippen molar-refractivity contribution in [2.24, 2.45) is 0 Å². The lowest BCUT2D eigenvalue weighted by Gasteiger charge is -2.30.